The predicted molar refractivity (Wildman–Crippen MR) is 122 cm³/mol. The van der Waals surface area contributed by atoms with E-state index in [0.717, 1.165) is 68.3 Å². The Balaban J connectivity index is 1.24. The maximum Gasteiger partial charge on any atom is 0.231 e. The average molecular weight is 441 g/mol. The lowest BCUT2D eigenvalue weighted by Gasteiger charge is -2.23. The van der Waals surface area contributed by atoms with Gasteiger partial charge in [-0.05, 0) is 73.8 Å². The standard InChI is InChI=1S/C25H32N2O5/c1-26(11-7-18-5-6-21-24(13-18)32-17-31-21)9-4-10-27-12-8-19-14-22(29-2)23(30-3)15-20(19)16-25(27)28/h5-6,13-15H,4,7-12,16-17H2,1-3H3. The fourth-order valence-electron chi connectivity index (χ4n) is 4.31. The molecule has 0 unspecified atom stereocenters. The average Bonchev–Trinajstić information content (AvgIpc) is 3.21. The Morgan fingerprint density at radius 3 is 2.53 bits per heavy atom. The molecule has 0 aliphatic carbocycles. The van der Waals surface area contributed by atoms with Crippen molar-refractivity contribution >= 4 is 5.91 Å². The number of rotatable bonds is 9. The quantitative estimate of drug-likeness (QED) is 0.598. The van der Waals surface area contributed by atoms with Gasteiger partial charge in [0.1, 0.15) is 0 Å². The van der Waals surface area contributed by atoms with Crippen molar-refractivity contribution in [1.29, 1.82) is 0 Å². The summed E-state index contributed by atoms with van der Waals surface area (Å²) in [6.45, 7) is 3.72. The molecule has 0 bridgehead atoms. The third-order valence-electron chi connectivity index (χ3n) is 6.24. The Morgan fingerprint density at radius 1 is 1.00 bits per heavy atom. The summed E-state index contributed by atoms with van der Waals surface area (Å²) >= 11 is 0. The second kappa shape index (κ2) is 10.1. The summed E-state index contributed by atoms with van der Waals surface area (Å²) < 4.78 is 21.7. The zero-order valence-electron chi connectivity index (χ0n) is 19.2. The van der Waals surface area contributed by atoms with Crippen LogP contribution < -0.4 is 18.9 Å². The fourth-order valence-corrected chi connectivity index (χ4v) is 4.31. The third-order valence-corrected chi connectivity index (χ3v) is 6.24. The van der Waals surface area contributed by atoms with Crippen LogP contribution in [0.4, 0.5) is 0 Å². The lowest BCUT2D eigenvalue weighted by Crippen LogP contribution is -2.35. The summed E-state index contributed by atoms with van der Waals surface area (Å²) in [6.07, 6.45) is 3.15. The molecule has 32 heavy (non-hydrogen) atoms. The number of carbonyl (C=O) groups excluding carboxylic acids is 1. The van der Waals surface area contributed by atoms with Gasteiger partial charge in [-0.1, -0.05) is 6.07 Å². The number of nitrogens with zero attached hydrogens (tertiary/aromatic N) is 2. The number of fused-ring (bicyclic) bond motifs is 2. The highest BCUT2D eigenvalue weighted by molar-refractivity contribution is 5.80. The molecule has 2 aliphatic rings. The van der Waals surface area contributed by atoms with Gasteiger partial charge in [0.15, 0.2) is 23.0 Å². The molecule has 7 nitrogen and oxygen atoms in total. The zero-order chi connectivity index (χ0) is 22.5. The van der Waals surface area contributed by atoms with Crippen molar-refractivity contribution in [1.82, 2.24) is 9.80 Å². The maximum atomic E-state index is 12.8. The first-order valence-corrected chi connectivity index (χ1v) is 11.2. The minimum Gasteiger partial charge on any atom is -0.493 e. The van der Waals surface area contributed by atoms with Crippen molar-refractivity contribution in [3.05, 3.63) is 47.0 Å². The number of methoxy groups -OCH3 is 2. The minimum atomic E-state index is 0.180. The number of benzene rings is 2. The molecule has 0 N–H and O–H groups in total. The highest BCUT2D eigenvalue weighted by atomic mass is 16.7. The van der Waals surface area contributed by atoms with E-state index in [1.165, 1.54) is 11.1 Å². The normalized spacial score (nSPS) is 15.0. The number of hydrogen-bond donors (Lipinski definition) is 0. The van der Waals surface area contributed by atoms with Crippen molar-refractivity contribution in [3.8, 4) is 23.0 Å². The molecular weight excluding hydrogens is 408 g/mol. The first-order valence-electron chi connectivity index (χ1n) is 11.2. The van der Waals surface area contributed by atoms with E-state index in [1.54, 1.807) is 14.2 Å². The lowest BCUT2D eigenvalue weighted by molar-refractivity contribution is -0.130. The van der Waals surface area contributed by atoms with Gasteiger partial charge in [-0.2, -0.15) is 0 Å². The number of hydrogen-bond acceptors (Lipinski definition) is 6. The van der Waals surface area contributed by atoms with E-state index < -0.39 is 0 Å². The molecule has 0 saturated heterocycles. The van der Waals surface area contributed by atoms with Crippen molar-refractivity contribution in [2.24, 2.45) is 0 Å². The number of ether oxygens (including phenoxy) is 4. The Morgan fingerprint density at radius 2 is 1.75 bits per heavy atom. The van der Waals surface area contributed by atoms with Crippen LogP contribution in [0.1, 0.15) is 23.1 Å². The van der Waals surface area contributed by atoms with Crippen molar-refractivity contribution < 1.29 is 23.7 Å². The van der Waals surface area contributed by atoms with Crippen LogP contribution >= 0.6 is 0 Å². The lowest BCUT2D eigenvalue weighted by atomic mass is 10.0. The SMILES string of the molecule is COc1cc2c(cc1OC)CC(=O)N(CCCN(C)CCc1ccc3c(c1)OCO3)CC2. The van der Waals surface area contributed by atoms with E-state index in [1.807, 2.05) is 23.1 Å². The van der Waals surface area contributed by atoms with Crippen LogP contribution in [0.3, 0.4) is 0 Å². The molecule has 7 heteroatoms. The van der Waals surface area contributed by atoms with Gasteiger partial charge in [-0.25, -0.2) is 0 Å². The van der Waals surface area contributed by atoms with E-state index in [9.17, 15) is 4.79 Å². The highest BCUT2D eigenvalue weighted by Crippen LogP contribution is 2.33. The topological polar surface area (TPSA) is 60.5 Å². The molecule has 172 valence electrons. The molecule has 0 fully saturated rings. The monoisotopic (exact) mass is 440 g/mol. The van der Waals surface area contributed by atoms with Gasteiger partial charge in [0.05, 0.1) is 20.6 Å². The van der Waals surface area contributed by atoms with Crippen molar-refractivity contribution in [3.63, 3.8) is 0 Å². The second-order valence-electron chi connectivity index (χ2n) is 8.38. The first kappa shape index (κ1) is 22.3. The Bertz CT molecular complexity index is 962. The van der Waals surface area contributed by atoms with Gasteiger partial charge in [0.2, 0.25) is 12.7 Å². The second-order valence-corrected chi connectivity index (χ2v) is 8.38. The van der Waals surface area contributed by atoms with E-state index >= 15 is 0 Å². The molecule has 2 heterocycles. The number of amides is 1. The van der Waals surface area contributed by atoms with Gasteiger partial charge in [0.25, 0.3) is 0 Å². The summed E-state index contributed by atoms with van der Waals surface area (Å²) in [5.41, 5.74) is 3.45. The summed E-state index contributed by atoms with van der Waals surface area (Å²) in [4.78, 5) is 17.1. The molecule has 1 amide bonds. The van der Waals surface area contributed by atoms with Gasteiger partial charge < -0.3 is 28.7 Å². The smallest absolute Gasteiger partial charge is 0.231 e. The van der Waals surface area contributed by atoms with E-state index in [2.05, 4.69) is 24.1 Å². The molecule has 2 aromatic rings. The molecule has 0 atom stereocenters. The molecular formula is C25H32N2O5. The molecule has 2 aromatic carbocycles. The number of likely N-dealkylation sites (N-methyl/N-ethyl adjacent to an activating group) is 1. The van der Waals surface area contributed by atoms with Crippen LogP contribution in [0, 0.1) is 0 Å². The molecule has 2 aliphatic heterocycles. The van der Waals surface area contributed by atoms with Crippen LogP contribution in [0.25, 0.3) is 0 Å². The highest BCUT2D eigenvalue weighted by Gasteiger charge is 2.22. The van der Waals surface area contributed by atoms with Gasteiger partial charge >= 0.3 is 0 Å². The van der Waals surface area contributed by atoms with Crippen molar-refractivity contribution in [2.75, 3.05) is 54.2 Å². The third kappa shape index (κ3) is 5.10. The van der Waals surface area contributed by atoms with Gasteiger partial charge in [-0.15, -0.1) is 0 Å². The molecule has 4 rings (SSSR count). The van der Waals surface area contributed by atoms with Crippen molar-refractivity contribution in [2.45, 2.75) is 25.7 Å². The Kier molecular flexibility index (Phi) is 7.05. The van der Waals surface area contributed by atoms with Crippen LogP contribution in [0.5, 0.6) is 23.0 Å². The molecule has 0 spiro atoms. The summed E-state index contributed by atoms with van der Waals surface area (Å²) in [5.74, 6) is 3.23. The van der Waals surface area contributed by atoms with Gasteiger partial charge in [-0.3, -0.25) is 4.79 Å². The molecule has 0 radical (unpaired) electrons. The van der Waals surface area contributed by atoms with Crippen LogP contribution in [0.2, 0.25) is 0 Å². The molecule has 0 aromatic heterocycles. The maximum absolute atomic E-state index is 12.8. The summed E-state index contributed by atoms with van der Waals surface area (Å²) in [7, 11) is 5.39. The van der Waals surface area contributed by atoms with Crippen LogP contribution in [-0.2, 0) is 24.1 Å². The molecule has 0 saturated carbocycles. The van der Waals surface area contributed by atoms with Gasteiger partial charge in [0, 0.05) is 19.6 Å². The number of carbonyl (C=O) groups is 1. The Hall–Kier alpha value is -2.93. The van der Waals surface area contributed by atoms with E-state index in [-0.39, 0.29) is 5.91 Å². The van der Waals surface area contributed by atoms with Crippen LogP contribution in [0.15, 0.2) is 30.3 Å². The minimum absolute atomic E-state index is 0.180. The summed E-state index contributed by atoms with van der Waals surface area (Å²) in [5, 5.41) is 0. The van der Waals surface area contributed by atoms with E-state index in [0.29, 0.717) is 19.0 Å². The first-order chi connectivity index (χ1) is 15.6. The fraction of sp³-hybridized carbons (Fsp3) is 0.480. The zero-order valence-corrected chi connectivity index (χ0v) is 19.2. The Labute approximate surface area is 189 Å². The van der Waals surface area contributed by atoms with Crippen LogP contribution in [-0.4, -0.2) is 69.9 Å². The van der Waals surface area contributed by atoms with E-state index in [4.69, 9.17) is 18.9 Å². The summed E-state index contributed by atoms with van der Waals surface area (Å²) in [6, 6.07) is 10.1. The predicted octanol–water partition coefficient (Wildman–Crippen LogP) is 2.92. The largest absolute Gasteiger partial charge is 0.493 e.